The number of rotatable bonds is 15. The minimum atomic E-state index is 0.396. The van der Waals surface area contributed by atoms with Gasteiger partial charge in [-0.1, -0.05) is 187 Å². The largest absolute Gasteiger partial charge is 0.361 e. The third-order valence-electron chi connectivity index (χ3n) is 11.8. The Morgan fingerprint density at radius 3 is 0.757 bits per heavy atom. The summed E-state index contributed by atoms with van der Waals surface area (Å²) in [7, 11) is 0. The van der Waals surface area contributed by atoms with Crippen LogP contribution in [-0.4, -0.2) is 55.1 Å². The molecule has 5 rings (SSSR count). The number of hydrogen-bond donors (Lipinski definition) is 0. The first kappa shape index (κ1) is 63.9. The maximum Gasteiger partial charge on any atom is 0.142 e. The van der Waals surface area contributed by atoms with Crippen LogP contribution in [0.25, 0.3) is 0 Å². The van der Waals surface area contributed by atoms with E-state index in [1.165, 1.54) is 22.5 Å². The molecule has 0 spiro atoms. The van der Waals surface area contributed by atoms with Crippen molar-refractivity contribution in [1.29, 1.82) is 0 Å². The molecule has 0 saturated carbocycles. The van der Waals surface area contributed by atoms with E-state index in [4.69, 9.17) is 9.05 Å². The van der Waals surface area contributed by atoms with Crippen molar-refractivity contribution >= 4 is 0 Å². The fourth-order valence-electron chi connectivity index (χ4n) is 8.44. The van der Waals surface area contributed by atoms with Crippen LogP contribution < -0.4 is 0 Å². The van der Waals surface area contributed by atoms with Crippen LogP contribution in [0, 0.1) is 0 Å². The summed E-state index contributed by atoms with van der Waals surface area (Å²) in [5, 5.41) is 33.9. The average Bonchev–Trinajstić information content (AvgIpc) is 4.08. The van der Waals surface area contributed by atoms with E-state index in [-0.39, 0.29) is 0 Å². The van der Waals surface area contributed by atoms with Gasteiger partial charge < -0.3 is 13.6 Å². The molecule has 0 bridgehead atoms. The lowest BCUT2D eigenvalue weighted by Crippen LogP contribution is -2.12. The molecule has 70 heavy (non-hydrogen) atoms. The quantitative estimate of drug-likeness (QED) is 0.0994. The van der Waals surface area contributed by atoms with Crippen LogP contribution in [0.2, 0.25) is 0 Å². The zero-order valence-corrected chi connectivity index (χ0v) is 50.4. The highest BCUT2D eigenvalue weighted by atomic mass is 16.5. The molecule has 13 nitrogen and oxygen atoms in total. The summed E-state index contributed by atoms with van der Waals surface area (Å²) >= 11 is 0. The minimum absolute atomic E-state index is 0.396. The van der Waals surface area contributed by atoms with Gasteiger partial charge in [0.05, 0.1) is 34.2 Å². The molecular formula is C57H105N11O2. The molecule has 13 heteroatoms. The first-order chi connectivity index (χ1) is 32.2. The van der Waals surface area contributed by atoms with Crippen molar-refractivity contribution in [2.24, 2.45) is 0 Å². The summed E-state index contributed by atoms with van der Waals surface area (Å²) in [5.74, 6) is 9.84. The van der Waals surface area contributed by atoms with E-state index < -0.39 is 0 Å². The van der Waals surface area contributed by atoms with Crippen molar-refractivity contribution in [2.45, 2.75) is 297 Å². The van der Waals surface area contributed by atoms with Crippen molar-refractivity contribution in [3.05, 3.63) is 68.5 Å². The zero-order chi connectivity index (χ0) is 54.4. The van der Waals surface area contributed by atoms with Crippen LogP contribution >= 0.6 is 0 Å². The Labute approximate surface area is 427 Å². The lowest BCUT2D eigenvalue weighted by Gasteiger charge is -2.17. The molecule has 0 atom stereocenters. The van der Waals surface area contributed by atoms with E-state index in [0.29, 0.717) is 89.1 Å². The van der Waals surface area contributed by atoms with Crippen molar-refractivity contribution in [3.63, 3.8) is 0 Å². The molecular weight excluding hydrogens is 871 g/mol. The Kier molecular flexibility index (Phi) is 26.2. The van der Waals surface area contributed by atoms with Crippen molar-refractivity contribution < 1.29 is 9.05 Å². The van der Waals surface area contributed by atoms with Crippen LogP contribution in [0.5, 0.6) is 0 Å². The fourth-order valence-corrected chi connectivity index (χ4v) is 8.44. The van der Waals surface area contributed by atoms with Gasteiger partial charge in [0.1, 0.15) is 23.2 Å². The zero-order valence-electron chi connectivity index (χ0n) is 50.4. The van der Waals surface area contributed by atoms with E-state index in [1.54, 1.807) is 0 Å². The molecule has 0 amide bonds. The highest BCUT2D eigenvalue weighted by Gasteiger charge is 2.25. The molecule has 0 radical (unpaired) electrons. The molecule has 400 valence electrons. The predicted molar refractivity (Wildman–Crippen MR) is 293 cm³/mol. The van der Waals surface area contributed by atoms with Gasteiger partial charge in [0.25, 0.3) is 0 Å². The van der Waals surface area contributed by atoms with Crippen molar-refractivity contribution in [1.82, 2.24) is 55.1 Å². The van der Waals surface area contributed by atoms with E-state index >= 15 is 0 Å². The van der Waals surface area contributed by atoms with E-state index in [9.17, 15) is 0 Å². The standard InChI is InChI=1S/2C12H21NO.3C11H21N3/c2*1-7(2)10-11(8(3)4)13-14-12(10)9(5)6;1-7(2)10-12-13-11(8(3)4)14(10)9(5)6;2*1-7(2)10-11(8(3)4)14(9(5)6)13-12-10/h5*7-9H,1-6H3. The third-order valence-corrected chi connectivity index (χ3v) is 11.8. The lowest BCUT2D eigenvalue weighted by molar-refractivity contribution is 0.362. The van der Waals surface area contributed by atoms with E-state index in [0.717, 1.165) is 45.9 Å². The molecule has 0 N–H and O–H groups in total. The summed E-state index contributed by atoms with van der Waals surface area (Å²) in [4.78, 5) is 0. The topological polar surface area (TPSA) is 144 Å². The predicted octanol–water partition coefficient (Wildman–Crippen LogP) is 17.4. The molecule has 0 aliphatic carbocycles. The van der Waals surface area contributed by atoms with Gasteiger partial charge in [-0.3, -0.25) is 0 Å². The SMILES string of the molecule is CC(C)c1nnc(C(C)C)n1C(C)C.CC(C)c1nnn(C(C)C)c1C(C)C.CC(C)c1nnn(C(C)C)c1C(C)C.CC(C)c1noc(C(C)C)c1C(C)C.CC(C)c1noc(C(C)C)c1C(C)C. The van der Waals surface area contributed by atoms with Crippen LogP contribution in [0.15, 0.2) is 9.05 Å². The molecule has 0 aliphatic heterocycles. The second kappa shape index (κ2) is 28.8. The van der Waals surface area contributed by atoms with Gasteiger partial charge >= 0.3 is 0 Å². The number of nitrogens with zero attached hydrogens (tertiary/aromatic N) is 11. The molecule has 5 aromatic rings. The highest BCUT2D eigenvalue weighted by Crippen LogP contribution is 2.34. The van der Waals surface area contributed by atoms with Crippen LogP contribution in [0.4, 0.5) is 0 Å². The van der Waals surface area contributed by atoms with Crippen LogP contribution in [0.1, 0.15) is 365 Å². The average molecular weight is 977 g/mol. The van der Waals surface area contributed by atoms with Crippen LogP contribution in [-0.2, 0) is 0 Å². The van der Waals surface area contributed by atoms with Gasteiger partial charge in [0, 0.05) is 52.9 Å². The number of hydrogen-bond acceptors (Lipinski definition) is 10. The molecule has 0 aromatic carbocycles. The lowest BCUT2D eigenvalue weighted by atomic mass is 9.92. The Morgan fingerprint density at radius 1 is 0.286 bits per heavy atom. The summed E-state index contributed by atoms with van der Waals surface area (Å²) in [6.45, 7) is 65.1. The van der Waals surface area contributed by atoms with Crippen molar-refractivity contribution in [3.8, 4) is 0 Å². The van der Waals surface area contributed by atoms with E-state index in [2.05, 4.69) is 253 Å². The Balaban J connectivity index is 0.000000437. The van der Waals surface area contributed by atoms with Crippen molar-refractivity contribution in [2.75, 3.05) is 0 Å². The fraction of sp³-hybridized carbons (Fsp3) is 0.789. The maximum atomic E-state index is 5.43. The molecule has 0 saturated heterocycles. The monoisotopic (exact) mass is 976 g/mol. The highest BCUT2D eigenvalue weighted by molar-refractivity contribution is 5.31. The van der Waals surface area contributed by atoms with Gasteiger partial charge in [-0.15, -0.1) is 20.4 Å². The Hall–Kier alpha value is -4.16. The van der Waals surface area contributed by atoms with Gasteiger partial charge in [0.15, 0.2) is 0 Å². The normalized spacial score (nSPS) is 12.1. The summed E-state index contributed by atoms with van der Waals surface area (Å²) in [5.41, 5.74) is 9.75. The van der Waals surface area contributed by atoms with Crippen LogP contribution in [0.3, 0.4) is 0 Å². The minimum Gasteiger partial charge on any atom is -0.361 e. The summed E-state index contributed by atoms with van der Waals surface area (Å²) in [6, 6.07) is 1.24. The summed E-state index contributed by atoms with van der Waals surface area (Å²) < 4.78 is 17.2. The summed E-state index contributed by atoms with van der Waals surface area (Å²) in [6.07, 6.45) is 0. The van der Waals surface area contributed by atoms with Gasteiger partial charge in [-0.25, -0.2) is 9.36 Å². The second-order valence-corrected chi connectivity index (χ2v) is 23.7. The molecule has 0 fully saturated rings. The van der Waals surface area contributed by atoms with Gasteiger partial charge in [-0.2, -0.15) is 0 Å². The molecule has 5 aromatic heterocycles. The Bertz CT molecular complexity index is 1730. The second-order valence-electron chi connectivity index (χ2n) is 23.7. The first-order valence-electron chi connectivity index (χ1n) is 27.1. The van der Waals surface area contributed by atoms with Gasteiger partial charge in [-0.05, 0) is 88.9 Å². The Morgan fingerprint density at radius 2 is 0.571 bits per heavy atom. The first-order valence-corrected chi connectivity index (χ1v) is 27.1. The van der Waals surface area contributed by atoms with Gasteiger partial charge in [0.2, 0.25) is 0 Å². The maximum absolute atomic E-state index is 5.43. The molecule has 0 aliphatic rings. The third kappa shape index (κ3) is 17.3. The smallest absolute Gasteiger partial charge is 0.142 e. The number of aromatic nitrogens is 11. The molecule has 5 heterocycles. The molecule has 0 unspecified atom stereocenters. The van der Waals surface area contributed by atoms with E-state index in [1.807, 2.05) is 9.36 Å².